The van der Waals surface area contributed by atoms with Gasteiger partial charge in [0.25, 0.3) is 0 Å². The number of likely N-dealkylation sites (tertiary alicyclic amines) is 1. The van der Waals surface area contributed by atoms with Gasteiger partial charge < -0.3 is 9.30 Å². The summed E-state index contributed by atoms with van der Waals surface area (Å²) in [6, 6.07) is 7.34. The van der Waals surface area contributed by atoms with Crippen molar-refractivity contribution in [3.63, 3.8) is 0 Å². The van der Waals surface area contributed by atoms with Gasteiger partial charge in [-0.15, -0.1) is 0 Å². The average molecular weight is 472 g/mol. The second kappa shape index (κ2) is 11.9. The molecule has 1 saturated heterocycles. The van der Waals surface area contributed by atoms with E-state index < -0.39 is 0 Å². The van der Waals surface area contributed by atoms with Crippen LogP contribution in [0.4, 0.5) is 0 Å². The Hall–Kier alpha value is -1.36. The third-order valence-electron chi connectivity index (χ3n) is 7.98. The Morgan fingerprint density at radius 3 is 2.36 bits per heavy atom. The number of hydrogen-bond donors (Lipinski definition) is 0. The van der Waals surface area contributed by atoms with Crippen molar-refractivity contribution >= 4 is 11.6 Å². The molecule has 1 saturated carbocycles. The molecule has 4 nitrogen and oxygen atoms in total. The lowest BCUT2D eigenvalue weighted by atomic mass is 9.80. The van der Waals surface area contributed by atoms with Gasteiger partial charge >= 0.3 is 0 Å². The summed E-state index contributed by atoms with van der Waals surface area (Å²) in [6.45, 7) is 7.97. The summed E-state index contributed by atoms with van der Waals surface area (Å²) >= 11 is 6.92. The van der Waals surface area contributed by atoms with Crippen LogP contribution in [0.5, 0.6) is 0 Å². The van der Waals surface area contributed by atoms with Crippen molar-refractivity contribution in [1.82, 2.24) is 14.5 Å². The van der Waals surface area contributed by atoms with Gasteiger partial charge in [-0.2, -0.15) is 0 Å². The van der Waals surface area contributed by atoms with Gasteiger partial charge in [-0.25, -0.2) is 4.98 Å². The number of halogens is 1. The Bertz CT molecular complexity index is 881. The summed E-state index contributed by atoms with van der Waals surface area (Å²) < 4.78 is 7.88. The van der Waals surface area contributed by atoms with Gasteiger partial charge in [0.1, 0.15) is 5.82 Å². The average Bonchev–Trinajstić information content (AvgIpc) is 3.17. The minimum absolute atomic E-state index is 0.661. The summed E-state index contributed by atoms with van der Waals surface area (Å²) in [5.41, 5.74) is 5.13. The number of piperidine rings is 1. The van der Waals surface area contributed by atoms with Crippen LogP contribution in [0.25, 0.3) is 11.4 Å². The molecule has 0 bridgehead atoms. The molecule has 0 amide bonds. The van der Waals surface area contributed by atoms with E-state index in [1.54, 1.807) is 7.11 Å². The molecule has 33 heavy (non-hydrogen) atoms. The van der Waals surface area contributed by atoms with E-state index in [1.807, 2.05) is 0 Å². The van der Waals surface area contributed by atoms with E-state index in [0.717, 1.165) is 37.7 Å². The molecule has 1 unspecified atom stereocenters. The lowest BCUT2D eigenvalue weighted by Crippen LogP contribution is -2.44. The maximum absolute atomic E-state index is 6.92. The van der Waals surface area contributed by atoms with E-state index in [-0.39, 0.29) is 0 Å². The Morgan fingerprint density at radius 2 is 1.70 bits per heavy atom. The molecular formula is C28H42ClN3O. The number of imidazole rings is 1. The number of rotatable bonds is 9. The third kappa shape index (κ3) is 5.49. The van der Waals surface area contributed by atoms with E-state index in [9.17, 15) is 0 Å². The molecule has 1 atom stereocenters. The van der Waals surface area contributed by atoms with Gasteiger partial charge in [0.15, 0.2) is 5.15 Å². The highest BCUT2D eigenvalue weighted by molar-refractivity contribution is 6.30. The van der Waals surface area contributed by atoms with E-state index in [4.69, 9.17) is 21.3 Å². The fourth-order valence-corrected chi connectivity index (χ4v) is 6.45. The normalized spacial score (nSPS) is 20.4. The van der Waals surface area contributed by atoms with Gasteiger partial charge in [-0.3, -0.25) is 4.90 Å². The summed E-state index contributed by atoms with van der Waals surface area (Å²) in [7, 11) is 1.78. The predicted molar refractivity (Wildman–Crippen MR) is 138 cm³/mol. The highest BCUT2D eigenvalue weighted by Crippen LogP contribution is 2.37. The van der Waals surface area contributed by atoms with E-state index in [2.05, 4.69) is 41.5 Å². The first-order valence-corrected chi connectivity index (χ1v) is 13.6. The van der Waals surface area contributed by atoms with Crippen LogP contribution in [-0.4, -0.2) is 40.8 Å². The van der Waals surface area contributed by atoms with Crippen LogP contribution in [0.2, 0.25) is 5.15 Å². The maximum atomic E-state index is 6.92. The highest BCUT2D eigenvalue weighted by atomic mass is 35.5. The Morgan fingerprint density at radius 1 is 1.00 bits per heavy atom. The van der Waals surface area contributed by atoms with E-state index >= 15 is 0 Å². The smallest absolute Gasteiger partial charge is 0.152 e. The van der Waals surface area contributed by atoms with E-state index in [1.165, 1.54) is 80.3 Å². The van der Waals surface area contributed by atoms with Crippen molar-refractivity contribution in [3.8, 4) is 11.4 Å². The molecule has 2 fully saturated rings. The summed E-state index contributed by atoms with van der Waals surface area (Å²) in [5, 5.41) is 0.669. The number of methoxy groups -OCH3 is 1. The number of ether oxygens (including phenoxy) is 1. The van der Waals surface area contributed by atoms with Crippen LogP contribution < -0.4 is 0 Å². The SMILES string of the molecule is CCc1cccc(CC)c1-c1nc(Cl)c(CN2CCCCC2C2CCCCC2)n1CCOC. The number of aromatic nitrogens is 2. The Kier molecular flexibility index (Phi) is 8.90. The minimum Gasteiger partial charge on any atom is -0.383 e. The molecule has 4 rings (SSSR count). The second-order valence-electron chi connectivity index (χ2n) is 9.91. The predicted octanol–water partition coefficient (Wildman–Crippen LogP) is 6.91. The lowest BCUT2D eigenvalue weighted by molar-refractivity contribution is 0.0722. The zero-order valence-corrected chi connectivity index (χ0v) is 21.7. The first kappa shape index (κ1) is 24.8. The molecule has 1 aromatic heterocycles. The zero-order chi connectivity index (χ0) is 23.2. The van der Waals surface area contributed by atoms with E-state index in [0.29, 0.717) is 17.8 Å². The molecule has 1 aliphatic heterocycles. The minimum atomic E-state index is 0.661. The second-order valence-corrected chi connectivity index (χ2v) is 10.3. The Balaban J connectivity index is 1.71. The number of nitrogens with zero attached hydrogens (tertiary/aromatic N) is 3. The quantitative estimate of drug-likeness (QED) is 0.398. The third-order valence-corrected chi connectivity index (χ3v) is 8.28. The van der Waals surface area contributed by atoms with Crippen molar-refractivity contribution in [2.75, 3.05) is 20.3 Å². The van der Waals surface area contributed by atoms with Crippen LogP contribution in [0.15, 0.2) is 18.2 Å². The van der Waals surface area contributed by atoms with Gasteiger partial charge in [-0.1, -0.05) is 69.3 Å². The molecule has 0 radical (unpaired) electrons. The molecule has 1 aromatic carbocycles. The van der Waals surface area contributed by atoms with Crippen LogP contribution in [0.1, 0.15) is 82.0 Å². The molecule has 2 aromatic rings. The van der Waals surface area contributed by atoms with Gasteiger partial charge in [0.05, 0.1) is 12.3 Å². The van der Waals surface area contributed by atoms with Crippen molar-refractivity contribution < 1.29 is 4.74 Å². The van der Waals surface area contributed by atoms with Gasteiger partial charge in [0.2, 0.25) is 0 Å². The van der Waals surface area contributed by atoms with Crippen molar-refractivity contribution in [3.05, 3.63) is 40.2 Å². The summed E-state index contributed by atoms with van der Waals surface area (Å²) in [6.07, 6.45) is 13.0. The van der Waals surface area contributed by atoms with Crippen LogP contribution in [0.3, 0.4) is 0 Å². The fourth-order valence-electron chi connectivity index (χ4n) is 6.21. The molecule has 0 N–H and O–H groups in total. The van der Waals surface area contributed by atoms with Crippen molar-refractivity contribution in [2.45, 2.75) is 97.2 Å². The van der Waals surface area contributed by atoms with Crippen molar-refractivity contribution in [2.24, 2.45) is 5.92 Å². The van der Waals surface area contributed by atoms with Gasteiger partial charge in [0, 0.05) is 31.8 Å². The largest absolute Gasteiger partial charge is 0.383 e. The van der Waals surface area contributed by atoms with Crippen LogP contribution >= 0.6 is 11.6 Å². The Labute approximate surface area is 205 Å². The molecule has 1 aliphatic carbocycles. The number of hydrogen-bond acceptors (Lipinski definition) is 3. The van der Waals surface area contributed by atoms with Crippen LogP contribution in [0, 0.1) is 5.92 Å². The summed E-state index contributed by atoms with van der Waals surface area (Å²) in [4.78, 5) is 7.74. The highest BCUT2D eigenvalue weighted by Gasteiger charge is 2.32. The number of aryl methyl sites for hydroxylation is 2. The first-order valence-electron chi connectivity index (χ1n) is 13.3. The molecular weight excluding hydrogens is 430 g/mol. The van der Waals surface area contributed by atoms with Crippen molar-refractivity contribution in [1.29, 1.82) is 0 Å². The molecule has 0 spiro atoms. The molecule has 5 heteroatoms. The van der Waals surface area contributed by atoms with Crippen LogP contribution in [-0.2, 0) is 30.7 Å². The number of benzene rings is 1. The summed E-state index contributed by atoms with van der Waals surface area (Å²) in [5.74, 6) is 1.87. The fraction of sp³-hybridized carbons (Fsp3) is 0.679. The van der Waals surface area contributed by atoms with Gasteiger partial charge in [-0.05, 0) is 62.1 Å². The molecule has 182 valence electrons. The molecule has 2 heterocycles. The maximum Gasteiger partial charge on any atom is 0.152 e. The molecule has 2 aliphatic rings. The monoisotopic (exact) mass is 471 g/mol. The zero-order valence-electron chi connectivity index (χ0n) is 20.9. The topological polar surface area (TPSA) is 30.3 Å². The first-order chi connectivity index (χ1) is 16.2. The lowest BCUT2D eigenvalue weighted by Gasteiger charge is -2.42. The standard InChI is InChI=1S/C28H42ClN3O/c1-4-21-14-11-15-22(5-2)26(21)28-30-27(29)25(32(28)18-19-33-3)20-31-17-10-9-16-24(31)23-12-7-6-8-13-23/h11,14-15,23-24H,4-10,12-13,16-20H2,1-3H3.